The highest BCUT2D eigenvalue weighted by atomic mass is 127. The van der Waals surface area contributed by atoms with Crippen molar-refractivity contribution in [3.8, 4) is 0 Å². The summed E-state index contributed by atoms with van der Waals surface area (Å²) in [4.78, 5) is 18.5. The van der Waals surface area contributed by atoms with E-state index in [1.165, 1.54) is 38.5 Å². The Morgan fingerprint density at radius 2 is 1.84 bits per heavy atom. The summed E-state index contributed by atoms with van der Waals surface area (Å²) in [6.07, 6.45) is 9.42. The average Bonchev–Trinajstić information content (AvgIpc) is 3.21. The molecule has 25 heavy (non-hydrogen) atoms. The normalized spacial score (nSPS) is 30.2. The highest BCUT2D eigenvalue weighted by molar-refractivity contribution is 14.0. The van der Waals surface area contributed by atoms with E-state index in [4.69, 9.17) is 0 Å². The lowest BCUT2D eigenvalue weighted by Gasteiger charge is -2.23. The van der Waals surface area contributed by atoms with Crippen LogP contribution in [0.25, 0.3) is 0 Å². The Morgan fingerprint density at radius 3 is 2.48 bits per heavy atom. The van der Waals surface area contributed by atoms with Crippen molar-refractivity contribution >= 4 is 35.8 Å². The molecule has 0 bridgehead atoms. The molecule has 1 amide bonds. The molecule has 1 heterocycles. The van der Waals surface area contributed by atoms with Gasteiger partial charge < -0.3 is 15.5 Å². The van der Waals surface area contributed by atoms with Crippen molar-refractivity contribution in [2.75, 3.05) is 20.1 Å². The Balaban J connectivity index is 0.00000225. The van der Waals surface area contributed by atoms with Gasteiger partial charge in [-0.15, -0.1) is 24.0 Å². The quantitative estimate of drug-likeness (QED) is 0.384. The van der Waals surface area contributed by atoms with Crippen molar-refractivity contribution in [1.82, 2.24) is 15.5 Å². The van der Waals surface area contributed by atoms with Crippen LogP contribution in [0.5, 0.6) is 0 Å². The Labute approximate surface area is 169 Å². The minimum Gasteiger partial charge on any atom is -0.353 e. The van der Waals surface area contributed by atoms with Crippen LogP contribution in [0.15, 0.2) is 4.99 Å². The molecule has 1 aliphatic heterocycles. The summed E-state index contributed by atoms with van der Waals surface area (Å²) in [5.41, 5.74) is 0. The largest absolute Gasteiger partial charge is 0.353 e. The van der Waals surface area contributed by atoms with Crippen molar-refractivity contribution in [2.24, 2.45) is 22.7 Å². The number of carbonyl (C=O) groups excluding carboxylic acids is 1. The Hall–Kier alpha value is -0.530. The van der Waals surface area contributed by atoms with Crippen molar-refractivity contribution in [3.05, 3.63) is 0 Å². The van der Waals surface area contributed by atoms with E-state index in [2.05, 4.69) is 15.6 Å². The lowest BCUT2D eigenvalue weighted by atomic mass is 9.85. The van der Waals surface area contributed by atoms with E-state index in [0.717, 1.165) is 37.3 Å². The van der Waals surface area contributed by atoms with Gasteiger partial charge in [-0.05, 0) is 24.7 Å². The van der Waals surface area contributed by atoms with Gasteiger partial charge in [0.1, 0.15) is 0 Å². The van der Waals surface area contributed by atoms with Gasteiger partial charge in [-0.1, -0.05) is 46.0 Å². The third kappa shape index (κ3) is 5.47. The van der Waals surface area contributed by atoms with Crippen LogP contribution in [-0.2, 0) is 4.79 Å². The number of rotatable bonds is 4. The molecule has 5 nitrogen and oxygen atoms in total. The molecule has 3 unspecified atom stereocenters. The molecular formula is C19H35IN4O. The summed E-state index contributed by atoms with van der Waals surface area (Å²) in [6, 6.07) is 0.930. The van der Waals surface area contributed by atoms with Crippen molar-refractivity contribution in [3.63, 3.8) is 0 Å². The van der Waals surface area contributed by atoms with E-state index in [-0.39, 0.29) is 35.8 Å². The number of halogens is 1. The summed E-state index contributed by atoms with van der Waals surface area (Å²) in [7, 11) is 1.85. The van der Waals surface area contributed by atoms with Crippen LogP contribution in [0.3, 0.4) is 0 Å². The lowest BCUT2D eigenvalue weighted by Crippen LogP contribution is -2.46. The highest BCUT2D eigenvalue weighted by Crippen LogP contribution is 2.44. The maximum atomic E-state index is 12.1. The van der Waals surface area contributed by atoms with Crippen LogP contribution < -0.4 is 10.6 Å². The molecule has 0 aromatic rings. The van der Waals surface area contributed by atoms with E-state index >= 15 is 0 Å². The topological polar surface area (TPSA) is 56.7 Å². The molecule has 2 saturated carbocycles. The van der Waals surface area contributed by atoms with Gasteiger partial charge in [0.05, 0.1) is 0 Å². The highest BCUT2D eigenvalue weighted by Gasteiger charge is 2.43. The summed E-state index contributed by atoms with van der Waals surface area (Å²) in [5.74, 6) is 3.05. The van der Waals surface area contributed by atoms with Gasteiger partial charge in [0.25, 0.3) is 0 Å². The fraction of sp³-hybridized carbons (Fsp3) is 0.895. The zero-order valence-electron chi connectivity index (χ0n) is 16.0. The van der Waals surface area contributed by atoms with Gasteiger partial charge in [0.2, 0.25) is 5.91 Å². The molecule has 0 aromatic heterocycles. The molecule has 2 aliphatic carbocycles. The van der Waals surface area contributed by atoms with Crippen LogP contribution in [0.1, 0.15) is 58.8 Å². The number of hydrogen-bond donors (Lipinski definition) is 2. The van der Waals surface area contributed by atoms with Crippen LogP contribution in [0.4, 0.5) is 0 Å². The molecule has 6 heteroatoms. The second-order valence-corrected chi connectivity index (χ2v) is 8.19. The number of hydrogen-bond acceptors (Lipinski definition) is 2. The number of carbonyl (C=O) groups is 1. The maximum absolute atomic E-state index is 12.1. The summed E-state index contributed by atoms with van der Waals surface area (Å²) < 4.78 is 0. The van der Waals surface area contributed by atoms with Gasteiger partial charge in [-0.25, -0.2) is 0 Å². The first kappa shape index (κ1) is 20.8. The van der Waals surface area contributed by atoms with Gasteiger partial charge in [-0.3, -0.25) is 9.79 Å². The molecule has 2 N–H and O–H groups in total. The standard InChI is InChI=1S/C19H34N4O.HI/c1-13(2)18(24)23-10-9-15(12-23)21-19(20-3)22-17-11-16(17)14-7-5-4-6-8-14;/h13-17H,4-12H2,1-3H3,(H2,20,21,22);1H. The van der Waals surface area contributed by atoms with E-state index in [0.29, 0.717) is 12.1 Å². The summed E-state index contributed by atoms with van der Waals surface area (Å²) in [6.45, 7) is 5.61. The number of guanidine groups is 1. The zero-order chi connectivity index (χ0) is 17.1. The first-order chi connectivity index (χ1) is 11.6. The van der Waals surface area contributed by atoms with Crippen LogP contribution in [0, 0.1) is 17.8 Å². The lowest BCUT2D eigenvalue weighted by molar-refractivity contribution is -0.133. The Bertz CT molecular complexity index is 476. The second kappa shape index (κ2) is 9.42. The van der Waals surface area contributed by atoms with Crippen molar-refractivity contribution < 1.29 is 4.79 Å². The van der Waals surface area contributed by atoms with Gasteiger partial charge in [0, 0.05) is 38.1 Å². The first-order valence-corrected chi connectivity index (χ1v) is 9.87. The van der Waals surface area contributed by atoms with Gasteiger partial charge in [0.15, 0.2) is 5.96 Å². The van der Waals surface area contributed by atoms with Gasteiger partial charge in [-0.2, -0.15) is 0 Å². The molecule has 3 aliphatic rings. The fourth-order valence-corrected chi connectivity index (χ4v) is 4.45. The third-order valence-electron chi connectivity index (χ3n) is 5.98. The van der Waals surface area contributed by atoms with Crippen LogP contribution in [-0.4, -0.2) is 49.0 Å². The predicted molar refractivity (Wildman–Crippen MR) is 113 cm³/mol. The van der Waals surface area contributed by atoms with Crippen molar-refractivity contribution in [2.45, 2.75) is 70.9 Å². The van der Waals surface area contributed by atoms with Crippen molar-refractivity contribution in [1.29, 1.82) is 0 Å². The Morgan fingerprint density at radius 1 is 1.12 bits per heavy atom. The molecule has 1 saturated heterocycles. The SMILES string of the molecule is CN=C(NC1CCN(C(=O)C(C)C)C1)NC1CC1C1CCCCC1.I. The molecule has 3 rings (SSSR count). The molecule has 0 radical (unpaired) electrons. The number of nitrogens with zero attached hydrogens (tertiary/aromatic N) is 2. The molecule has 3 fully saturated rings. The number of nitrogens with one attached hydrogen (secondary N) is 2. The van der Waals surface area contributed by atoms with E-state index in [9.17, 15) is 4.79 Å². The maximum Gasteiger partial charge on any atom is 0.225 e. The molecule has 144 valence electrons. The van der Waals surface area contributed by atoms with Crippen LogP contribution >= 0.6 is 24.0 Å². The molecule has 3 atom stereocenters. The second-order valence-electron chi connectivity index (χ2n) is 8.19. The van der Waals surface area contributed by atoms with E-state index < -0.39 is 0 Å². The Kier molecular flexibility index (Phi) is 7.83. The monoisotopic (exact) mass is 462 g/mol. The first-order valence-electron chi connectivity index (χ1n) is 9.87. The smallest absolute Gasteiger partial charge is 0.225 e. The number of aliphatic imine (C=N–C) groups is 1. The summed E-state index contributed by atoms with van der Waals surface area (Å²) in [5, 5.41) is 7.15. The fourth-order valence-electron chi connectivity index (χ4n) is 4.45. The van der Waals surface area contributed by atoms with E-state index in [1.54, 1.807) is 0 Å². The number of likely N-dealkylation sites (tertiary alicyclic amines) is 1. The minimum absolute atomic E-state index is 0. The third-order valence-corrected chi connectivity index (χ3v) is 5.98. The minimum atomic E-state index is 0. The van der Waals surface area contributed by atoms with Crippen LogP contribution in [0.2, 0.25) is 0 Å². The molecule has 0 spiro atoms. The van der Waals surface area contributed by atoms with E-state index in [1.807, 2.05) is 25.8 Å². The zero-order valence-corrected chi connectivity index (χ0v) is 18.3. The molecular weight excluding hydrogens is 427 g/mol. The predicted octanol–water partition coefficient (Wildman–Crippen LogP) is 3.00. The molecule has 0 aromatic carbocycles. The number of amides is 1. The summed E-state index contributed by atoms with van der Waals surface area (Å²) >= 11 is 0. The average molecular weight is 462 g/mol. The van der Waals surface area contributed by atoms with Gasteiger partial charge >= 0.3 is 0 Å².